The lowest BCUT2D eigenvalue weighted by Crippen LogP contribution is -2.40. The molecule has 0 amide bonds. The summed E-state index contributed by atoms with van der Waals surface area (Å²) < 4.78 is 13.3. The zero-order valence-corrected chi connectivity index (χ0v) is 15.7. The second kappa shape index (κ2) is 8.41. The van der Waals surface area contributed by atoms with Crippen molar-refractivity contribution < 1.29 is 9.15 Å². The maximum Gasteiger partial charge on any atom is 0.332 e. The molecular weight excluding hydrogens is 356 g/mol. The van der Waals surface area contributed by atoms with E-state index < -0.39 is 0 Å². The van der Waals surface area contributed by atoms with Crippen LogP contribution in [0.25, 0.3) is 22.7 Å². The Morgan fingerprint density at radius 2 is 2.15 bits per heavy atom. The average Bonchev–Trinajstić information content (AvgIpc) is 3.30. The lowest BCUT2D eigenvalue weighted by atomic mass is 10.4. The van der Waals surface area contributed by atoms with Crippen LogP contribution in [0.4, 0.5) is 0 Å². The average molecular weight is 378 g/mol. The summed E-state index contributed by atoms with van der Waals surface area (Å²) in [6.45, 7) is 3.36. The molecule has 0 spiro atoms. The molecule has 9 heteroatoms. The van der Waals surface area contributed by atoms with Crippen LogP contribution in [-0.2, 0) is 17.8 Å². The molecule has 26 heavy (non-hydrogen) atoms. The second-order valence-corrected chi connectivity index (χ2v) is 7.09. The lowest BCUT2D eigenvalue weighted by Gasteiger charge is -2.10. The van der Waals surface area contributed by atoms with E-state index in [9.17, 15) is 9.59 Å². The van der Waals surface area contributed by atoms with Gasteiger partial charge in [0.15, 0.2) is 22.7 Å². The van der Waals surface area contributed by atoms with Crippen LogP contribution < -0.4 is 11.2 Å². The highest BCUT2D eigenvalue weighted by molar-refractivity contribution is 7.99. The summed E-state index contributed by atoms with van der Waals surface area (Å²) in [7, 11) is 1.62. The Morgan fingerprint density at radius 1 is 1.31 bits per heavy atom. The first kappa shape index (κ1) is 18.5. The van der Waals surface area contributed by atoms with Crippen LogP contribution in [0.2, 0.25) is 0 Å². The fourth-order valence-electron chi connectivity index (χ4n) is 2.76. The van der Waals surface area contributed by atoms with Gasteiger partial charge in [-0.15, -0.1) is 0 Å². The number of aromatic amines is 1. The minimum absolute atomic E-state index is 0.315. The molecule has 0 radical (unpaired) electrons. The van der Waals surface area contributed by atoms with Crippen molar-refractivity contribution in [3.05, 3.63) is 39.2 Å². The van der Waals surface area contributed by atoms with Gasteiger partial charge in [0, 0.05) is 32.6 Å². The van der Waals surface area contributed by atoms with Crippen LogP contribution in [0.15, 0.2) is 32.4 Å². The summed E-state index contributed by atoms with van der Waals surface area (Å²) in [6, 6.07) is 3.50. The van der Waals surface area contributed by atoms with Gasteiger partial charge in [-0.2, -0.15) is 11.8 Å². The molecule has 3 heterocycles. The zero-order valence-electron chi connectivity index (χ0n) is 14.9. The number of methoxy groups -OCH3 is 1. The number of ether oxygens (including phenoxy) is 1. The van der Waals surface area contributed by atoms with Gasteiger partial charge in [0.2, 0.25) is 0 Å². The SMILES string of the molecule is CCSCCn1c(=O)c2[nH]c(-c3ccco3)nc2n(CCCOC)c1=O. The molecule has 0 saturated carbocycles. The number of rotatable bonds is 9. The molecule has 0 aliphatic carbocycles. The molecule has 0 atom stereocenters. The van der Waals surface area contributed by atoms with Gasteiger partial charge in [0.25, 0.3) is 5.56 Å². The molecule has 3 aromatic rings. The predicted octanol–water partition coefficient (Wildman–Crippen LogP) is 1.94. The summed E-state index contributed by atoms with van der Waals surface area (Å²) in [4.78, 5) is 33.2. The summed E-state index contributed by atoms with van der Waals surface area (Å²) in [5.41, 5.74) is -0.0281. The number of hydrogen-bond donors (Lipinski definition) is 1. The Morgan fingerprint density at radius 3 is 2.85 bits per heavy atom. The zero-order chi connectivity index (χ0) is 18.5. The second-order valence-electron chi connectivity index (χ2n) is 5.70. The van der Waals surface area contributed by atoms with Crippen molar-refractivity contribution in [3.63, 3.8) is 0 Å². The van der Waals surface area contributed by atoms with Gasteiger partial charge in [0.1, 0.15) is 0 Å². The van der Waals surface area contributed by atoms with E-state index in [1.807, 2.05) is 6.92 Å². The molecule has 140 valence electrons. The van der Waals surface area contributed by atoms with E-state index in [1.54, 1.807) is 31.0 Å². The number of furan rings is 1. The van der Waals surface area contributed by atoms with Crippen LogP contribution in [0.5, 0.6) is 0 Å². The van der Waals surface area contributed by atoms with Gasteiger partial charge in [-0.1, -0.05) is 6.92 Å². The molecule has 3 rings (SSSR count). The molecule has 8 nitrogen and oxygen atoms in total. The van der Waals surface area contributed by atoms with Crippen LogP contribution in [0, 0.1) is 0 Å². The van der Waals surface area contributed by atoms with E-state index >= 15 is 0 Å². The molecule has 0 unspecified atom stereocenters. The Labute approximate surface area is 154 Å². The molecule has 0 fully saturated rings. The fraction of sp³-hybridized carbons (Fsp3) is 0.471. The van der Waals surface area contributed by atoms with Crippen molar-refractivity contribution in [1.82, 2.24) is 19.1 Å². The number of imidazole rings is 1. The van der Waals surface area contributed by atoms with Gasteiger partial charge < -0.3 is 14.1 Å². The Bertz CT molecular complexity index is 971. The van der Waals surface area contributed by atoms with Crippen LogP contribution in [-0.4, -0.2) is 44.3 Å². The lowest BCUT2D eigenvalue weighted by molar-refractivity contribution is 0.190. The third kappa shape index (κ3) is 3.63. The van der Waals surface area contributed by atoms with Crippen LogP contribution >= 0.6 is 11.8 Å². The van der Waals surface area contributed by atoms with Crippen molar-refractivity contribution >= 4 is 22.9 Å². The van der Waals surface area contributed by atoms with E-state index in [0.29, 0.717) is 54.6 Å². The van der Waals surface area contributed by atoms with Crippen molar-refractivity contribution in [2.75, 3.05) is 25.2 Å². The van der Waals surface area contributed by atoms with E-state index in [0.717, 1.165) is 5.75 Å². The van der Waals surface area contributed by atoms with E-state index in [-0.39, 0.29) is 11.2 Å². The molecule has 0 bridgehead atoms. The first-order chi connectivity index (χ1) is 12.7. The summed E-state index contributed by atoms with van der Waals surface area (Å²) in [5, 5.41) is 0. The maximum absolute atomic E-state index is 12.9. The fourth-order valence-corrected chi connectivity index (χ4v) is 3.36. The maximum atomic E-state index is 12.9. The molecule has 1 N–H and O–H groups in total. The highest BCUT2D eigenvalue weighted by Gasteiger charge is 2.18. The van der Waals surface area contributed by atoms with Crippen molar-refractivity contribution in [1.29, 1.82) is 0 Å². The first-order valence-electron chi connectivity index (χ1n) is 8.51. The van der Waals surface area contributed by atoms with E-state index in [1.165, 1.54) is 15.4 Å². The van der Waals surface area contributed by atoms with Crippen molar-refractivity contribution in [2.45, 2.75) is 26.4 Å². The molecule has 3 aromatic heterocycles. The van der Waals surface area contributed by atoms with Crippen LogP contribution in [0.1, 0.15) is 13.3 Å². The first-order valence-corrected chi connectivity index (χ1v) is 9.66. The quantitative estimate of drug-likeness (QED) is 0.572. The summed E-state index contributed by atoms with van der Waals surface area (Å²) >= 11 is 1.69. The number of nitrogens with one attached hydrogen (secondary N) is 1. The van der Waals surface area contributed by atoms with Crippen molar-refractivity contribution in [2.24, 2.45) is 0 Å². The van der Waals surface area contributed by atoms with Gasteiger partial charge in [-0.25, -0.2) is 9.78 Å². The predicted molar refractivity (Wildman–Crippen MR) is 102 cm³/mol. The molecule has 0 aliphatic rings. The molecule has 0 aliphatic heterocycles. The Hall–Kier alpha value is -2.26. The monoisotopic (exact) mass is 378 g/mol. The summed E-state index contributed by atoms with van der Waals surface area (Å²) in [5.74, 6) is 2.59. The van der Waals surface area contributed by atoms with Crippen LogP contribution in [0.3, 0.4) is 0 Å². The Kier molecular flexibility index (Phi) is 6.00. The van der Waals surface area contributed by atoms with Crippen molar-refractivity contribution in [3.8, 4) is 11.6 Å². The van der Waals surface area contributed by atoms with Gasteiger partial charge in [-0.05, 0) is 24.3 Å². The number of aromatic nitrogens is 4. The van der Waals surface area contributed by atoms with Gasteiger partial charge in [0.05, 0.1) is 6.26 Å². The van der Waals surface area contributed by atoms with E-state index in [4.69, 9.17) is 9.15 Å². The van der Waals surface area contributed by atoms with Gasteiger partial charge in [-0.3, -0.25) is 13.9 Å². The number of aryl methyl sites for hydroxylation is 1. The third-order valence-corrected chi connectivity index (χ3v) is 4.89. The Balaban J connectivity index is 2.12. The number of nitrogens with zero attached hydrogens (tertiary/aromatic N) is 3. The smallest absolute Gasteiger partial charge is 0.332 e. The topological polar surface area (TPSA) is 95.1 Å². The highest BCUT2D eigenvalue weighted by atomic mass is 32.2. The molecular formula is C17H22N4O4S. The molecule has 0 aromatic carbocycles. The molecule has 0 saturated heterocycles. The number of thioether (sulfide) groups is 1. The van der Waals surface area contributed by atoms with Gasteiger partial charge >= 0.3 is 5.69 Å². The largest absolute Gasteiger partial charge is 0.461 e. The highest BCUT2D eigenvalue weighted by Crippen LogP contribution is 2.18. The number of hydrogen-bond acceptors (Lipinski definition) is 6. The summed E-state index contributed by atoms with van der Waals surface area (Å²) in [6.07, 6.45) is 2.19. The normalized spacial score (nSPS) is 11.5. The standard InChI is InChI=1S/C17H22N4O4S/c1-3-26-11-8-21-16(22)13-15(20(17(21)23)7-5-9-24-2)19-14(18-13)12-6-4-10-25-12/h4,6,10H,3,5,7-9,11H2,1-2H3,(H,18,19). The number of H-pyrrole nitrogens is 1. The minimum Gasteiger partial charge on any atom is -0.461 e. The number of fused-ring (bicyclic) bond motifs is 1. The minimum atomic E-state index is -0.352. The van der Waals surface area contributed by atoms with E-state index in [2.05, 4.69) is 9.97 Å². The third-order valence-electron chi connectivity index (χ3n) is 4.01.